The first-order valence-corrected chi connectivity index (χ1v) is 15.9. The molecule has 8 nitrogen and oxygen atoms in total. The third-order valence-electron chi connectivity index (χ3n) is 6.75. The molecule has 0 saturated carbocycles. The number of fused-ring (bicyclic) bond motifs is 3. The van der Waals surface area contributed by atoms with Crippen LogP contribution in [0.2, 0.25) is 0 Å². The van der Waals surface area contributed by atoms with E-state index in [0.717, 1.165) is 66.0 Å². The average molecular weight is 591 g/mol. The minimum Gasteiger partial charge on any atom is -0.494 e. The van der Waals surface area contributed by atoms with Crippen LogP contribution in [0.5, 0.6) is 11.5 Å². The second-order valence-corrected chi connectivity index (χ2v) is 11.7. The maximum atomic E-state index is 13.8. The Hall–Kier alpha value is -3.63. The van der Waals surface area contributed by atoms with E-state index in [0.29, 0.717) is 29.4 Å². The molecule has 0 fully saturated rings. The zero-order valence-corrected chi connectivity index (χ0v) is 25.0. The normalized spacial score (nSPS) is 12.6. The van der Waals surface area contributed by atoms with E-state index in [1.807, 2.05) is 55.5 Å². The Morgan fingerprint density at radius 2 is 1.83 bits per heavy atom. The first kappa shape index (κ1) is 28.9. The summed E-state index contributed by atoms with van der Waals surface area (Å²) in [5.41, 5.74) is 5.14. The summed E-state index contributed by atoms with van der Waals surface area (Å²) in [6.07, 6.45) is 7.90. The van der Waals surface area contributed by atoms with Crippen molar-refractivity contribution in [2.75, 3.05) is 19.0 Å². The highest BCUT2D eigenvalue weighted by Crippen LogP contribution is 2.36. The second-order valence-electron chi connectivity index (χ2n) is 9.71. The van der Waals surface area contributed by atoms with Crippen molar-refractivity contribution in [2.45, 2.75) is 57.5 Å². The van der Waals surface area contributed by atoms with E-state index in [-0.39, 0.29) is 17.2 Å². The number of carbonyl (C=O) groups is 1. The van der Waals surface area contributed by atoms with Crippen LogP contribution in [-0.4, -0.2) is 40.6 Å². The number of hydrogen-bond donors (Lipinski definition) is 1. The van der Waals surface area contributed by atoms with Crippen LogP contribution in [0.25, 0.3) is 15.9 Å². The lowest BCUT2D eigenvalue weighted by atomic mass is 10.2. The van der Waals surface area contributed by atoms with Crippen LogP contribution < -0.4 is 20.5 Å². The number of amides is 1. The summed E-state index contributed by atoms with van der Waals surface area (Å²) in [4.78, 5) is 33.3. The highest BCUT2D eigenvalue weighted by molar-refractivity contribution is 7.99. The lowest BCUT2D eigenvalue weighted by Gasteiger charge is -2.13. The van der Waals surface area contributed by atoms with E-state index < -0.39 is 0 Å². The number of nitrogens with one attached hydrogen (secondary N) is 1. The summed E-state index contributed by atoms with van der Waals surface area (Å²) in [7, 11) is 0. The molecule has 2 heterocycles. The van der Waals surface area contributed by atoms with E-state index in [1.165, 1.54) is 16.6 Å². The van der Waals surface area contributed by atoms with Gasteiger partial charge in [-0.1, -0.05) is 31.5 Å². The van der Waals surface area contributed by atoms with Gasteiger partial charge in [0, 0.05) is 4.88 Å². The molecular formula is C31H34N4O4S2. The molecule has 0 atom stereocenters. The standard InChI is InChI=1S/C31H34N4O4S2/c1-3-5-6-18-39-24-14-10-21(11-15-24)19-32-34-27(36)20-40-31-33-29-28(25-8-7-9-26(25)41-29)30(37)35(31)22-12-16-23(17-13-22)38-4-2/h10-17,19H,3-9,18,20H2,1-2H3,(H,34,36). The predicted octanol–water partition coefficient (Wildman–Crippen LogP) is 6.15. The van der Waals surface area contributed by atoms with Gasteiger partial charge >= 0.3 is 0 Å². The van der Waals surface area contributed by atoms with Crippen molar-refractivity contribution in [3.05, 3.63) is 74.9 Å². The van der Waals surface area contributed by atoms with Gasteiger partial charge in [-0.2, -0.15) is 5.10 Å². The van der Waals surface area contributed by atoms with Gasteiger partial charge in [0.15, 0.2) is 5.16 Å². The third-order valence-corrected chi connectivity index (χ3v) is 8.87. The molecule has 0 radical (unpaired) electrons. The number of carbonyl (C=O) groups excluding carboxylic acids is 1. The Kier molecular flexibility index (Phi) is 9.74. The quantitative estimate of drug-likeness (QED) is 0.0660. The van der Waals surface area contributed by atoms with E-state index in [2.05, 4.69) is 17.5 Å². The van der Waals surface area contributed by atoms with E-state index in [9.17, 15) is 9.59 Å². The molecular weight excluding hydrogens is 556 g/mol. The Balaban J connectivity index is 1.28. The second kappa shape index (κ2) is 13.8. The number of hydrazone groups is 1. The van der Waals surface area contributed by atoms with Crippen molar-refractivity contribution >= 4 is 45.4 Å². The number of rotatable bonds is 13. The number of aryl methyl sites for hydroxylation is 2. The molecule has 1 amide bonds. The molecule has 1 N–H and O–H groups in total. The molecule has 214 valence electrons. The van der Waals surface area contributed by atoms with Crippen LogP contribution in [0.1, 0.15) is 55.5 Å². The monoisotopic (exact) mass is 590 g/mol. The number of thioether (sulfide) groups is 1. The van der Waals surface area contributed by atoms with Gasteiger partial charge in [-0.3, -0.25) is 14.2 Å². The van der Waals surface area contributed by atoms with Crippen LogP contribution in [0, 0.1) is 0 Å². The number of ether oxygens (including phenoxy) is 2. The summed E-state index contributed by atoms with van der Waals surface area (Å²) in [5.74, 6) is 1.32. The molecule has 0 aliphatic heterocycles. The summed E-state index contributed by atoms with van der Waals surface area (Å²) < 4.78 is 12.9. The maximum absolute atomic E-state index is 13.8. The van der Waals surface area contributed by atoms with Crippen molar-refractivity contribution in [2.24, 2.45) is 5.10 Å². The molecule has 10 heteroatoms. The molecule has 4 aromatic rings. The molecule has 0 spiro atoms. The zero-order valence-electron chi connectivity index (χ0n) is 23.4. The van der Waals surface area contributed by atoms with Gasteiger partial charge in [0.1, 0.15) is 16.3 Å². The van der Waals surface area contributed by atoms with Crippen LogP contribution >= 0.6 is 23.1 Å². The van der Waals surface area contributed by atoms with Crippen molar-refractivity contribution in [3.8, 4) is 17.2 Å². The molecule has 1 aliphatic carbocycles. The number of aromatic nitrogens is 2. The number of nitrogens with zero attached hydrogens (tertiary/aromatic N) is 3. The number of thiophene rings is 1. The molecule has 0 unspecified atom stereocenters. The summed E-state index contributed by atoms with van der Waals surface area (Å²) in [6.45, 7) is 5.36. The highest BCUT2D eigenvalue weighted by Gasteiger charge is 2.24. The van der Waals surface area contributed by atoms with Crippen LogP contribution in [-0.2, 0) is 17.6 Å². The van der Waals surface area contributed by atoms with Crippen molar-refractivity contribution < 1.29 is 14.3 Å². The zero-order chi connectivity index (χ0) is 28.6. The molecule has 41 heavy (non-hydrogen) atoms. The highest BCUT2D eigenvalue weighted by atomic mass is 32.2. The molecule has 5 rings (SSSR count). The number of unbranched alkanes of at least 4 members (excludes halogenated alkanes) is 2. The SMILES string of the molecule is CCCCCOc1ccc(C=NNC(=O)CSc2nc3sc4c(c3c(=O)n2-c2ccc(OCC)cc2)CCC4)cc1. The molecule has 2 aromatic carbocycles. The summed E-state index contributed by atoms with van der Waals surface area (Å²) in [6, 6.07) is 15.0. The number of hydrogen-bond acceptors (Lipinski definition) is 8. The predicted molar refractivity (Wildman–Crippen MR) is 166 cm³/mol. The topological polar surface area (TPSA) is 94.8 Å². The maximum Gasteiger partial charge on any atom is 0.267 e. The Morgan fingerprint density at radius 1 is 1.07 bits per heavy atom. The molecule has 0 bridgehead atoms. The first-order chi connectivity index (χ1) is 20.1. The smallest absolute Gasteiger partial charge is 0.267 e. The lowest BCUT2D eigenvalue weighted by Crippen LogP contribution is -2.24. The largest absolute Gasteiger partial charge is 0.494 e. The van der Waals surface area contributed by atoms with Gasteiger partial charge < -0.3 is 9.47 Å². The molecule has 1 aliphatic rings. The van der Waals surface area contributed by atoms with E-state index in [4.69, 9.17) is 14.5 Å². The van der Waals surface area contributed by atoms with Gasteiger partial charge in [0.2, 0.25) is 0 Å². The van der Waals surface area contributed by atoms with Crippen LogP contribution in [0.15, 0.2) is 63.6 Å². The minimum absolute atomic E-state index is 0.0575. The van der Waals surface area contributed by atoms with Gasteiger partial charge in [0.25, 0.3) is 11.5 Å². The van der Waals surface area contributed by atoms with Gasteiger partial charge in [-0.15, -0.1) is 11.3 Å². The third kappa shape index (κ3) is 7.00. The van der Waals surface area contributed by atoms with Crippen LogP contribution in [0.3, 0.4) is 0 Å². The van der Waals surface area contributed by atoms with E-state index >= 15 is 0 Å². The fourth-order valence-electron chi connectivity index (χ4n) is 4.74. The fraction of sp³-hybridized carbons (Fsp3) is 0.355. The summed E-state index contributed by atoms with van der Waals surface area (Å²) >= 11 is 2.81. The van der Waals surface area contributed by atoms with Crippen LogP contribution in [0.4, 0.5) is 0 Å². The number of benzene rings is 2. The van der Waals surface area contributed by atoms with Gasteiger partial charge in [-0.25, -0.2) is 10.4 Å². The lowest BCUT2D eigenvalue weighted by molar-refractivity contribution is -0.118. The molecule has 0 saturated heterocycles. The first-order valence-electron chi connectivity index (χ1n) is 14.1. The van der Waals surface area contributed by atoms with Crippen molar-refractivity contribution in [1.82, 2.24) is 15.0 Å². The Bertz CT molecular complexity index is 1580. The summed E-state index contributed by atoms with van der Waals surface area (Å²) in [5, 5.41) is 5.27. The van der Waals surface area contributed by atoms with Gasteiger partial charge in [-0.05, 0) is 92.3 Å². The average Bonchev–Trinajstić information content (AvgIpc) is 3.57. The molecule has 2 aromatic heterocycles. The fourth-order valence-corrected chi connectivity index (χ4v) is 6.85. The van der Waals surface area contributed by atoms with Gasteiger partial charge in [0.05, 0.1) is 36.3 Å². The minimum atomic E-state index is -0.289. The Morgan fingerprint density at radius 3 is 2.59 bits per heavy atom. The Labute approximate surface area is 247 Å². The van der Waals surface area contributed by atoms with E-state index in [1.54, 1.807) is 22.1 Å². The van der Waals surface area contributed by atoms with Crippen molar-refractivity contribution in [1.29, 1.82) is 0 Å². The van der Waals surface area contributed by atoms with Crippen molar-refractivity contribution in [3.63, 3.8) is 0 Å².